The average molecular weight is 440 g/mol. The molecule has 1 aliphatic heterocycles. The topological polar surface area (TPSA) is 62.6 Å². The number of ether oxygens (including phenoxy) is 1. The summed E-state index contributed by atoms with van der Waals surface area (Å²) in [4.78, 5) is 9.47. The molecule has 158 valence electrons. The third-order valence-electron chi connectivity index (χ3n) is 5.38. The van der Waals surface area contributed by atoms with Crippen molar-refractivity contribution in [3.05, 3.63) is 96.3 Å². The number of benzene rings is 3. The number of rotatable bonds is 4. The zero-order valence-electron chi connectivity index (χ0n) is 17.5. The molecule has 7 heteroatoms. The molecule has 0 radical (unpaired) electrons. The zero-order chi connectivity index (χ0) is 21.9. The summed E-state index contributed by atoms with van der Waals surface area (Å²) in [7, 11) is 1.66. The van der Waals surface area contributed by atoms with E-state index < -0.39 is 0 Å². The Balaban J connectivity index is 1.50. The van der Waals surface area contributed by atoms with Gasteiger partial charge in [-0.25, -0.2) is 9.99 Å². The molecule has 2 heterocycles. The lowest BCUT2D eigenvalue weighted by molar-refractivity contribution is 0.368. The van der Waals surface area contributed by atoms with Gasteiger partial charge in [-0.1, -0.05) is 30.3 Å². The molecule has 3 aromatic carbocycles. The molecular weight excluding hydrogens is 418 g/mol. The lowest BCUT2D eigenvalue weighted by Gasteiger charge is -2.24. The van der Waals surface area contributed by atoms with Gasteiger partial charge in [-0.3, -0.25) is 4.98 Å². The number of nitrogens with one attached hydrogen (secondary N) is 1. The molecule has 0 fully saturated rings. The molecule has 0 aliphatic carbocycles. The van der Waals surface area contributed by atoms with E-state index >= 15 is 0 Å². The fourth-order valence-electron chi connectivity index (χ4n) is 3.72. The quantitative estimate of drug-likeness (QED) is 0.442. The van der Waals surface area contributed by atoms with Crippen LogP contribution in [-0.2, 0) is 0 Å². The van der Waals surface area contributed by atoms with Gasteiger partial charge < -0.3 is 10.1 Å². The monoisotopic (exact) mass is 439 g/mol. The number of hydrazone groups is 1. The third-order valence-corrected chi connectivity index (χ3v) is 5.66. The number of nitrogens with zero attached hydrogens (tertiary/aromatic N) is 4. The highest BCUT2D eigenvalue weighted by molar-refractivity contribution is 7.80. The van der Waals surface area contributed by atoms with Crippen molar-refractivity contribution in [3.63, 3.8) is 0 Å². The van der Waals surface area contributed by atoms with Crippen LogP contribution in [0.5, 0.6) is 5.75 Å². The van der Waals surface area contributed by atoms with Crippen LogP contribution in [0.1, 0.15) is 23.7 Å². The van der Waals surface area contributed by atoms with Crippen molar-refractivity contribution in [2.45, 2.75) is 12.5 Å². The van der Waals surface area contributed by atoms with Gasteiger partial charge in [0, 0.05) is 12.1 Å². The molecule has 0 spiro atoms. The molecule has 1 atom stereocenters. The first-order chi connectivity index (χ1) is 15.7. The van der Waals surface area contributed by atoms with E-state index in [1.807, 2.05) is 90.1 Å². The van der Waals surface area contributed by atoms with Gasteiger partial charge in [-0.05, 0) is 66.3 Å². The van der Waals surface area contributed by atoms with Crippen molar-refractivity contribution in [2.75, 3.05) is 12.4 Å². The minimum atomic E-state index is -0.159. The highest BCUT2D eigenvalue weighted by Crippen LogP contribution is 2.33. The Morgan fingerprint density at radius 1 is 0.969 bits per heavy atom. The second-order valence-electron chi connectivity index (χ2n) is 7.42. The molecule has 0 saturated carbocycles. The highest BCUT2D eigenvalue weighted by atomic mass is 32.1. The fourth-order valence-corrected chi connectivity index (χ4v) is 4.01. The predicted octanol–water partition coefficient (Wildman–Crippen LogP) is 5.19. The van der Waals surface area contributed by atoms with Crippen LogP contribution in [0, 0.1) is 0 Å². The maximum absolute atomic E-state index is 5.75. The SMILES string of the molecule is COc1ccc(C2=NN(C(=S)Nc3ccccc3)[C@@H](c3cnc4ccccc4n3)C2)cc1. The largest absolute Gasteiger partial charge is 0.497 e. The van der Waals surface area contributed by atoms with Crippen LogP contribution in [0.4, 0.5) is 5.69 Å². The normalized spacial score (nSPS) is 15.5. The maximum atomic E-state index is 5.75. The first-order valence-electron chi connectivity index (χ1n) is 10.3. The Morgan fingerprint density at radius 3 is 2.44 bits per heavy atom. The van der Waals surface area contributed by atoms with Crippen LogP contribution < -0.4 is 10.1 Å². The summed E-state index contributed by atoms with van der Waals surface area (Å²) in [5.74, 6) is 0.808. The van der Waals surface area contributed by atoms with E-state index in [4.69, 9.17) is 27.0 Å². The molecule has 4 aromatic rings. The van der Waals surface area contributed by atoms with Crippen molar-refractivity contribution in [1.82, 2.24) is 15.0 Å². The van der Waals surface area contributed by atoms with E-state index in [0.717, 1.165) is 39.4 Å². The number of thiocarbonyl (C=S) groups is 1. The summed E-state index contributed by atoms with van der Waals surface area (Å²) < 4.78 is 5.29. The number of para-hydroxylation sites is 3. The molecule has 32 heavy (non-hydrogen) atoms. The van der Waals surface area contributed by atoms with Crippen LogP contribution >= 0.6 is 12.2 Å². The molecule has 0 saturated heterocycles. The zero-order valence-corrected chi connectivity index (χ0v) is 18.3. The Hall–Kier alpha value is -3.84. The number of anilines is 1. The van der Waals surface area contributed by atoms with E-state index in [-0.39, 0.29) is 6.04 Å². The van der Waals surface area contributed by atoms with Gasteiger partial charge in [0.15, 0.2) is 5.11 Å². The lowest BCUT2D eigenvalue weighted by Crippen LogP contribution is -2.31. The first kappa shape index (κ1) is 20.1. The maximum Gasteiger partial charge on any atom is 0.194 e. The molecule has 1 N–H and O–H groups in total. The summed E-state index contributed by atoms with van der Waals surface area (Å²) in [5.41, 5.74) is 5.41. The molecule has 5 rings (SSSR count). The van der Waals surface area contributed by atoms with Crippen LogP contribution in [0.2, 0.25) is 0 Å². The Bertz CT molecular complexity index is 1290. The second-order valence-corrected chi connectivity index (χ2v) is 7.81. The van der Waals surface area contributed by atoms with Crippen molar-refractivity contribution in [3.8, 4) is 5.75 Å². The van der Waals surface area contributed by atoms with Gasteiger partial charge in [-0.15, -0.1) is 0 Å². The highest BCUT2D eigenvalue weighted by Gasteiger charge is 2.33. The van der Waals surface area contributed by atoms with E-state index in [0.29, 0.717) is 11.5 Å². The van der Waals surface area contributed by atoms with E-state index in [2.05, 4.69) is 10.3 Å². The summed E-state index contributed by atoms with van der Waals surface area (Å²) in [6.45, 7) is 0. The minimum Gasteiger partial charge on any atom is -0.497 e. The smallest absolute Gasteiger partial charge is 0.194 e. The van der Waals surface area contributed by atoms with Crippen LogP contribution in [0.3, 0.4) is 0 Å². The van der Waals surface area contributed by atoms with Crippen molar-refractivity contribution in [1.29, 1.82) is 0 Å². The van der Waals surface area contributed by atoms with Crippen LogP contribution in [0.25, 0.3) is 11.0 Å². The molecule has 0 unspecified atom stereocenters. The lowest BCUT2D eigenvalue weighted by atomic mass is 10.0. The Kier molecular flexibility index (Phi) is 5.47. The number of hydrogen-bond acceptors (Lipinski definition) is 5. The van der Waals surface area contributed by atoms with Gasteiger partial charge >= 0.3 is 0 Å². The molecule has 0 amide bonds. The minimum absolute atomic E-state index is 0.159. The second kappa shape index (κ2) is 8.72. The fraction of sp³-hybridized carbons (Fsp3) is 0.120. The molecule has 6 nitrogen and oxygen atoms in total. The molecule has 0 bridgehead atoms. The van der Waals surface area contributed by atoms with E-state index in [1.165, 1.54) is 0 Å². The third kappa shape index (κ3) is 4.02. The number of aromatic nitrogens is 2. The van der Waals surface area contributed by atoms with Gasteiger partial charge in [0.2, 0.25) is 0 Å². The Labute approximate surface area is 191 Å². The summed E-state index contributed by atoms with van der Waals surface area (Å²) in [5, 5.41) is 10.5. The van der Waals surface area contributed by atoms with Crippen LogP contribution in [-0.4, -0.2) is 32.9 Å². The molecule has 1 aromatic heterocycles. The summed E-state index contributed by atoms with van der Waals surface area (Å²) in [6, 6.07) is 25.4. The number of methoxy groups -OCH3 is 1. The van der Waals surface area contributed by atoms with Gasteiger partial charge in [0.1, 0.15) is 11.8 Å². The number of fused-ring (bicyclic) bond motifs is 1. The summed E-state index contributed by atoms with van der Waals surface area (Å²) >= 11 is 5.75. The van der Waals surface area contributed by atoms with Gasteiger partial charge in [-0.2, -0.15) is 5.10 Å². The van der Waals surface area contributed by atoms with Crippen molar-refractivity contribution >= 4 is 39.8 Å². The first-order valence-corrected chi connectivity index (χ1v) is 10.7. The predicted molar refractivity (Wildman–Crippen MR) is 131 cm³/mol. The van der Waals surface area contributed by atoms with E-state index in [9.17, 15) is 0 Å². The number of hydrogen-bond donors (Lipinski definition) is 1. The standard InChI is InChI=1S/C25H21N5OS/c1-31-19-13-11-17(12-14-19)22-15-24(23-16-26-20-9-5-6-10-21(20)28-23)30(29-22)25(32)27-18-7-3-2-4-8-18/h2-14,16,24H,15H2,1H3,(H,27,32)/t24-/m1/s1. The van der Waals surface area contributed by atoms with Crippen molar-refractivity contribution in [2.24, 2.45) is 5.10 Å². The van der Waals surface area contributed by atoms with Gasteiger partial charge in [0.25, 0.3) is 0 Å². The average Bonchev–Trinajstić information content (AvgIpc) is 3.30. The van der Waals surface area contributed by atoms with Crippen LogP contribution in [0.15, 0.2) is 90.2 Å². The molecular formula is C25H21N5OS. The van der Waals surface area contributed by atoms with E-state index in [1.54, 1.807) is 7.11 Å². The Morgan fingerprint density at radius 2 is 1.69 bits per heavy atom. The molecule has 1 aliphatic rings. The van der Waals surface area contributed by atoms with Gasteiger partial charge in [0.05, 0.1) is 35.7 Å². The summed E-state index contributed by atoms with van der Waals surface area (Å²) in [6.07, 6.45) is 2.48. The van der Waals surface area contributed by atoms with Crippen molar-refractivity contribution < 1.29 is 4.74 Å².